The van der Waals surface area contributed by atoms with Crippen LogP contribution in [0.1, 0.15) is 42.7 Å². The third-order valence-electron chi connectivity index (χ3n) is 5.01. The number of amides is 1. The minimum absolute atomic E-state index is 0.279. The summed E-state index contributed by atoms with van der Waals surface area (Å²) in [4.78, 5) is 13.2. The molecular weight excluding hydrogens is 354 g/mol. The molecule has 0 spiro atoms. The normalized spacial score (nSPS) is 13.3. The van der Waals surface area contributed by atoms with Crippen LogP contribution in [-0.2, 0) is 4.74 Å². The van der Waals surface area contributed by atoms with Gasteiger partial charge in [0.15, 0.2) is 0 Å². The van der Waals surface area contributed by atoms with Gasteiger partial charge in [0.05, 0.1) is 6.61 Å². The molecule has 0 bridgehead atoms. The lowest BCUT2D eigenvalue weighted by Crippen LogP contribution is -2.23. The van der Waals surface area contributed by atoms with Crippen molar-refractivity contribution in [2.75, 3.05) is 20.7 Å². The Balaban J connectivity index is 1.73. The first-order chi connectivity index (χ1) is 13.1. The Labute approximate surface area is 165 Å². The monoisotopic (exact) mass is 381 g/mol. The zero-order chi connectivity index (χ0) is 19.2. The summed E-state index contributed by atoms with van der Waals surface area (Å²) in [7, 11) is 3.42. The number of rotatable bonds is 7. The molecule has 1 aromatic heterocycles. The Hall–Kier alpha value is -2.33. The van der Waals surface area contributed by atoms with Crippen LogP contribution < -0.4 is 0 Å². The number of thiophene rings is 1. The summed E-state index contributed by atoms with van der Waals surface area (Å²) in [6.07, 6.45) is 1.58. The molecular formula is C23H27NO2S. The number of carbonyl (C=O) groups excluding carboxylic acids is 1. The third-order valence-corrected chi connectivity index (χ3v) is 5.99. The van der Waals surface area contributed by atoms with E-state index in [0.29, 0.717) is 18.4 Å². The van der Waals surface area contributed by atoms with E-state index in [-0.39, 0.29) is 6.09 Å². The Bertz CT molecular complexity index is 872. The second kappa shape index (κ2) is 9.05. The van der Waals surface area contributed by atoms with Crippen molar-refractivity contribution in [3.8, 4) is 0 Å². The average Bonchev–Trinajstić information content (AvgIpc) is 3.12. The molecule has 0 aliphatic rings. The first-order valence-electron chi connectivity index (χ1n) is 9.41. The lowest BCUT2D eigenvalue weighted by atomic mass is 9.84. The maximum absolute atomic E-state index is 11.7. The summed E-state index contributed by atoms with van der Waals surface area (Å²) in [5.74, 6) is 0.797. The fraction of sp³-hybridized carbons (Fsp3) is 0.348. The number of ether oxygens (including phenoxy) is 1. The number of benzene rings is 2. The van der Waals surface area contributed by atoms with E-state index in [9.17, 15) is 4.79 Å². The van der Waals surface area contributed by atoms with Crippen molar-refractivity contribution in [3.05, 3.63) is 71.1 Å². The highest BCUT2D eigenvalue weighted by Crippen LogP contribution is 2.37. The molecule has 2 atom stereocenters. The van der Waals surface area contributed by atoms with Gasteiger partial charge in [-0.15, -0.1) is 11.3 Å². The molecule has 0 saturated carbocycles. The molecule has 0 saturated heterocycles. The second-order valence-electron chi connectivity index (χ2n) is 7.23. The molecule has 3 rings (SSSR count). The van der Waals surface area contributed by atoms with E-state index in [4.69, 9.17) is 4.74 Å². The number of fused-ring (bicyclic) bond motifs is 1. The van der Waals surface area contributed by atoms with Gasteiger partial charge < -0.3 is 9.64 Å². The molecule has 142 valence electrons. The summed E-state index contributed by atoms with van der Waals surface area (Å²) in [6, 6.07) is 19.2. The highest BCUT2D eigenvalue weighted by molar-refractivity contribution is 7.17. The summed E-state index contributed by atoms with van der Waals surface area (Å²) >= 11 is 1.82. The van der Waals surface area contributed by atoms with Crippen molar-refractivity contribution in [2.45, 2.75) is 31.6 Å². The summed E-state index contributed by atoms with van der Waals surface area (Å²) in [5, 5.41) is 3.66. The van der Waals surface area contributed by atoms with Crippen LogP contribution in [0, 0.1) is 0 Å². The summed E-state index contributed by atoms with van der Waals surface area (Å²) in [5.41, 5.74) is 2.73. The fourth-order valence-electron chi connectivity index (χ4n) is 3.50. The number of carbonyl (C=O) groups is 1. The van der Waals surface area contributed by atoms with Gasteiger partial charge in [-0.1, -0.05) is 55.5 Å². The largest absolute Gasteiger partial charge is 0.449 e. The summed E-state index contributed by atoms with van der Waals surface area (Å²) in [6.45, 7) is 2.74. The minimum atomic E-state index is -0.279. The van der Waals surface area contributed by atoms with Crippen LogP contribution in [-0.4, -0.2) is 31.7 Å². The predicted molar refractivity (Wildman–Crippen MR) is 114 cm³/mol. The van der Waals surface area contributed by atoms with Gasteiger partial charge in [-0.2, -0.15) is 0 Å². The van der Waals surface area contributed by atoms with Crippen molar-refractivity contribution in [2.24, 2.45) is 0 Å². The molecule has 2 aromatic carbocycles. The second-order valence-corrected chi connectivity index (χ2v) is 8.14. The van der Waals surface area contributed by atoms with Crippen LogP contribution in [0.2, 0.25) is 0 Å². The molecule has 1 heterocycles. The molecule has 0 aliphatic heterocycles. The Morgan fingerprint density at radius 2 is 1.78 bits per heavy atom. The molecule has 1 amide bonds. The van der Waals surface area contributed by atoms with E-state index in [1.54, 1.807) is 14.1 Å². The van der Waals surface area contributed by atoms with Crippen molar-refractivity contribution in [1.82, 2.24) is 4.90 Å². The lowest BCUT2D eigenvalue weighted by Gasteiger charge is -2.22. The van der Waals surface area contributed by atoms with Crippen LogP contribution in [0.4, 0.5) is 4.79 Å². The van der Waals surface area contributed by atoms with Crippen molar-refractivity contribution >= 4 is 27.5 Å². The third kappa shape index (κ3) is 4.89. The fourth-order valence-corrected chi connectivity index (χ4v) is 4.58. The molecule has 0 radical (unpaired) electrons. The molecule has 3 aromatic rings. The van der Waals surface area contributed by atoms with Gasteiger partial charge in [-0.25, -0.2) is 4.79 Å². The Kier molecular flexibility index (Phi) is 6.51. The predicted octanol–water partition coefficient (Wildman–Crippen LogP) is 6.27. The lowest BCUT2D eigenvalue weighted by molar-refractivity contribution is 0.114. The molecule has 3 nitrogen and oxygen atoms in total. The highest BCUT2D eigenvalue weighted by Gasteiger charge is 2.19. The standard InChI is InChI=1S/C23H27NO2S/c1-17(21-16-27-22-12-8-7-11-20(21)22)15-19(18-9-5-4-6-10-18)13-14-26-23(25)24(2)3/h4-12,16-17,19H,13-15H2,1-3H3/t17-,19-/m0/s1. The molecule has 0 aliphatic carbocycles. The molecule has 27 heavy (non-hydrogen) atoms. The van der Waals surface area contributed by atoms with Crippen LogP contribution >= 0.6 is 11.3 Å². The first kappa shape index (κ1) is 19.4. The van der Waals surface area contributed by atoms with Crippen LogP contribution in [0.15, 0.2) is 60.0 Å². The van der Waals surface area contributed by atoms with E-state index < -0.39 is 0 Å². The Morgan fingerprint density at radius 3 is 2.52 bits per heavy atom. The summed E-state index contributed by atoms with van der Waals surface area (Å²) < 4.78 is 6.73. The van der Waals surface area contributed by atoms with Crippen LogP contribution in [0.5, 0.6) is 0 Å². The van der Waals surface area contributed by atoms with E-state index in [0.717, 1.165) is 12.8 Å². The first-order valence-corrected chi connectivity index (χ1v) is 10.3. The maximum Gasteiger partial charge on any atom is 0.409 e. The maximum atomic E-state index is 11.7. The van der Waals surface area contributed by atoms with Gasteiger partial charge in [0.25, 0.3) is 0 Å². The van der Waals surface area contributed by atoms with Gasteiger partial charge in [0.1, 0.15) is 0 Å². The Morgan fingerprint density at radius 1 is 1.07 bits per heavy atom. The van der Waals surface area contributed by atoms with Gasteiger partial charge in [0, 0.05) is 18.8 Å². The van der Waals surface area contributed by atoms with E-state index in [1.807, 2.05) is 17.4 Å². The van der Waals surface area contributed by atoms with E-state index >= 15 is 0 Å². The molecule has 4 heteroatoms. The van der Waals surface area contributed by atoms with Gasteiger partial charge >= 0.3 is 6.09 Å². The zero-order valence-corrected chi connectivity index (χ0v) is 17.0. The number of hydrogen-bond donors (Lipinski definition) is 0. The van der Waals surface area contributed by atoms with Gasteiger partial charge in [-0.05, 0) is 52.6 Å². The average molecular weight is 382 g/mol. The number of hydrogen-bond acceptors (Lipinski definition) is 3. The zero-order valence-electron chi connectivity index (χ0n) is 16.2. The van der Waals surface area contributed by atoms with E-state index in [2.05, 4.69) is 60.8 Å². The van der Waals surface area contributed by atoms with Crippen molar-refractivity contribution in [3.63, 3.8) is 0 Å². The van der Waals surface area contributed by atoms with Crippen LogP contribution in [0.25, 0.3) is 10.1 Å². The smallest absolute Gasteiger partial charge is 0.409 e. The van der Waals surface area contributed by atoms with Crippen molar-refractivity contribution in [1.29, 1.82) is 0 Å². The molecule has 0 fully saturated rings. The van der Waals surface area contributed by atoms with Gasteiger partial charge in [0.2, 0.25) is 0 Å². The molecule has 0 unspecified atom stereocenters. The number of nitrogens with zero attached hydrogens (tertiary/aromatic N) is 1. The topological polar surface area (TPSA) is 29.5 Å². The minimum Gasteiger partial charge on any atom is -0.449 e. The van der Waals surface area contributed by atoms with Crippen LogP contribution in [0.3, 0.4) is 0 Å². The van der Waals surface area contributed by atoms with Crippen molar-refractivity contribution < 1.29 is 9.53 Å². The quantitative estimate of drug-likeness (QED) is 0.483. The van der Waals surface area contributed by atoms with E-state index in [1.165, 1.54) is 26.1 Å². The van der Waals surface area contributed by atoms with Gasteiger partial charge in [-0.3, -0.25) is 0 Å². The molecule has 0 N–H and O–H groups in total. The SMILES string of the molecule is C[C@@H](C[C@H](CCOC(=O)N(C)C)c1ccccc1)c1csc2ccccc12. The highest BCUT2D eigenvalue weighted by atomic mass is 32.1.